The molecule has 0 atom stereocenters. The SMILES string of the molecule is Cc1c(N)nc(COCC(F)(F)C(F)F)[nH]c1=O. The lowest BCUT2D eigenvalue weighted by atomic mass is 10.3. The number of alkyl halides is 4. The molecule has 0 amide bonds. The highest BCUT2D eigenvalue weighted by Gasteiger charge is 2.40. The zero-order valence-corrected chi connectivity index (χ0v) is 9.34. The monoisotopic (exact) mass is 269 g/mol. The average Bonchev–Trinajstić information content (AvgIpc) is 2.25. The molecule has 18 heavy (non-hydrogen) atoms. The van der Waals surface area contributed by atoms with Gasteiger partial charge in [0.25, 0.3) is 5.56 Å². The standard InChI is InChI=1S/C9H11F4N3O2/c1-4-6(14)15-5(16-7(4)17)2-18-3-9(12,13)8(10)11/h8H,2-3H2,1H3,(H3,14,15,16,17). The van der Waals surface area contributed by atoms with E-state index in [-0.39, 0.29) is 17.2 Å². The maximum absolute atomic E-state index is 12.5. The van der Waals surface area contributed by atoms with Crippen molar-refractivity contribution in [1.29, 1.82) is 0 Å². The lowest BCUT2D eigenvalue weighted by Crippen LogP contribution is -2.32. The molecule has 1 aromatic rings. The largest absolute Gasteiger partial charge is 0.383 e. The van der Waals surface area contributed by atoms with Crippen LogP contribution < -0.4 is 11.3 Å². The van der Waals surface area contributed by atoms with Crippen LogP contribution >= 0.6 is 0 Å². The summed E-state index contributed by atoms with van der Waals surface area (Å²) in [5, 5.41) is 0. The zero-order valence-electron chi connectivity index (χ0n) is 9.34. The quantitative estimate of drug-likeness (QED) is 0.784. The minimum atomic E-state index is -4.24. The lowest BCUT2D eigenvalue weighted by molar-refractivity contribution is -0.168. The molecule has 0 aromatic carbocycles. The van der Waals surface area contributed by atoms with E-state index in [4.69, 9.17) is 5.73 Å². The number of nitrogen functional groups attached to an aromatic ring is 1. The predicted octanol–water partition coefficient (Wildman–Crippen LogP) is 1.08. The van der Waals surface area contributed by atoms with Crippen LogP contribution in [0.15, 0.2) is 4.79 Å². The van der Waals surface area contributed by atoms with Gasteiger partial charge in [-0.15, -0.1) is 0 Å². The van der Waals surface area contributed by atoms with E-state index in [0.29, 0.717) is 0 Å². The highest BCUT2D eigenvalue weighted by molar-refractivity contribution is 5.35. The molecule has 0 aliphatic rings. The van der Waals surface area contributed by atoms with Crippen molar-refractivity contribution in [3.63, 3.8) is 0 Å². The summed E-state index contributed by atoms with van der Waals surface area (Å²) < 4.78 is 52.9. The highest BCUT2D eigenvalue weighted by Crippen LogP contribution is 2.23. The normalized spacial score (nSPS) is 12.1. The van der Waals surface area contributed by atoms with Crippen LogP contribution in [0.5, 0.6) is 0 Å². The molecule has 3 N–H and O–H groups in total. The number of rotatable bonds is 5. The van der Waals surface area contributed by atoms with Crippen LogP contribution in [0.2, 0.25) is 0 Å². The van der Waals surface area contributed by atoms with Gasteiger partial charge < -0.3 is 15.5 Å². The van der Waals surface area contributed by atoms with Crippen molar-refractivity contribution in [2.24, 2.45) is 0 Å². The number of anilines is 1. The summed E-state index contributed by atoms with van der Waals surface area (Å²) in [6.07, 6.45) is -3.81. The molecule has 1 heterocycles. The Morgan fingerprint density at radius 3 is 2.61 bits per heavy atom. The molecule has 1 rings (SSSR count). The molecule has 0 spiro atoms. The molecule has 5 nitrogen and oxygen atoms in total. The van der Waals surface area contributed by atoms with E-state index < -0.39 is 31.1 Å². The van der Waals surface area contributed by atoms with Crippen LogP contribution in [-0.2, 0) is 11.3 Å². The zero-order chi connectivity index (χ0) is 13.9. The van der Waals surface area contributed by atoms with Crippen molar-refractivity contribution in [2.75, 3.05) is 12.3 Å². The Labute approximate surface area is 99.0 Å². The van der Waals surface area contributed by atoms with Crippen molar-refractivity contribution < 1.29 is 22.3 Å². The molecular weight excluding hydrogens is 258 g/mol. The fraction of sp³-hybridized carbons (Fsp3) is 0.556. The Bertz CT molecular complexity index is 475. The molecule has 0 fully saturated rings. The third kappa shape index (κ3) is 3.42. The molecular formula is C9H11F4N3O2. The van der Waals surface area contributed by atoms with E-state index in [1.807, 2.05) is 0 Å². The lowest BCUT2D eigenvalue weighted by Gasteiger charge is -2.14. The second-order valence-corrected chi connectivity index (χ2v) is 3.58. The van der Waals surface area contributed by atoms with Gasteiger partial charge in [-0.2, -0.15) is 8.78 Å². The van der Waals surface area contributed by atoms with Gasteiger partial charge in [-0.25, -0.2) is 13.8 Å². The van der Waals surface area contributed by atoms with E-state index in [2.05, 4.69) is 14.7 Å². The van der Waals surface area contributed by atoms with Crippen molar-refractivity contribution >= 4 is 5.82 Å². The Balaban J connectivity index is 2.63. The third-order valence-electron chi connectivity index (χ3n) is 2.09. The van der Waals surface area contributed by atoms with Gasteiger partial charge in [0, 0.05) is 0 Å². The number of H-pyrrole nitrogens is 1. The summed E-state index contributed by atoms with van der Waals surface area (Å²) in [5.74, 6) is -4.41. The van der Waals surface area contributed by atoms with Crippen LogP contribution in [-0.4, -0.2) is 28.9 Å². The summed E-state index contributed by atoms with van der Waals surface area (Å²) in [5.41, 5.74) is 5.01. The molecule has 0 saturated heterocycles. The number of hydrogen-bond acceptors (Lipinski definition) is 4. The molecule has 9 heteroatoms. The van der Waals surface area contributed by atoms with Gasteiger partial charge >= 0.3 is 12.3 Å². The van der Waals surface area contributed by atoms with Gasteiger partial charge in [0.15, 0.2) is 0 Å². The van der Waals surface area contributed by atoms with Crippen molar-refractivity contribution in [1.82, 2.24) is 9.97 Å². The minimum Gasteiger partial charge on any atom is -0.383 e. The summed E-state index contributed by atoms with van der Waals surface area (Å²) in [4.78, 5) is 17.1. The van der Waals surface area contributed by atoms with Gasteiger partial charge in [0.1, 0.15) is 24.9 Å². The van der Waals surface area contributed by atoms with Gasteiger partial charge in [-0.3, -0.25) is 4.79 Å². The number of hydrogen-bond donors (Lipinski definition) is 2. The van der Waals surface area contributed by atoms with Gasteiger partial charge in [0.05, 0.1) is 5.56 Å². The molecule has 0 unspecified atom stereocenters. The Morgan fingerprint density at radius 1 is 1.50 bits per heavy atom. The van der Waals surface area contributed by atoms with Crippen molar-refractivity contribution in [3.8, 4) is 0 Å². The number of nitrogens with two attached hydrogens (primary N) is 1. The van der Waals surface area contributed by atoms with Gasteiger partial charge in [-0.05, 0) is 6.92 Å². The van der Waals surface area contributed by atoms with Crippen LogP contribution in [0.3, 0.4) is 0 Å². The first-order chi connectivity index (χ1) is 8.24. The Hall–Kier alpha value is -1.64. The van der Waals surface area contributed by atoms with Crippen molar-refractivity contribution in [2.45, 2.75) is 25.9 Å². The smallest absolute Gasteiger partial charge is 0.330 e. The topological polar surface area (TPSA) is 81.0 Å². The third-order valence-corrected chi connectivity index (χ3v) is 2.09. The fourth-order valence-corrected chi connectivity index (χ4v) is 1.01. The van der Waals surface area contributed by atoms with E-state index in [0.717, 1.165) is 0 Å². The highest BCUT2D eigenvalue weighted by atomic mass is 19.3. The summed E-state index contributed by atoms with van der Waals surface area (Å²) >= 11 is 0. The Morgan fingerprint density at radius 2 is 2.11 bits per heavy atom. The number of nitrogens with one attached hydrogen (secondary N) is 1. The Kier molecular flexibility index (Phi) is 4.28. The molecule has 0 saturated carbocycles. The first-order valence-corrected chi connectivity index (χ1v) is 4.83. The van der Waals surface area contributed by atoms with Gasteiger partial charge in [0.2, 0.25) is 0 Å². The first kappa shape index (κ1) is 14.4. The van der Waals surface area contributed by atoms with E-state index in [1.54, 1.807) is 0 Å². The predicted molar refractivity (Wildman–Crippen MR) is 54.6 cm³/mol. The van der Waals surface area contributed by atoms with E-state index >= 15 is 0 Å². The number of aromatic nitrogens is 2. The number of ether oxygens (including phenoxy) is 1. The summed E-state index contributed by atoms with van der Waals surface area (Å²) in [6, 6.07) is 0. The van der Waals surface area contributed by atoms with Crippen LogP contribution in [0.25, 0.3) is 0 Å². The molecule has 1 aromatic heterocycles. The molecule has 0 aliphatic carbocycles. The summed E-state index contributed by atoms with van der Waals surface area (Å²) in [7, 11) is 0. The first-order valence-electron chi connectivity index (χ1n) is 4.83. The summed E-state index contributed by atoms with van der Waals surface area (Å²) in [6.45, 7) is -0.582. The molecule has 0 aliphatic heterocycles. The van der Waals surface area contributed by atoms with Crippen LogP contribution in [0.1, 0.15) is 11.4 Å². The van der Waals surface area contributed by atoms with Gasteiger partial charge in [-0.1, -0.05) is 0 Å². The molecule has 0 bridgehead atoms. The fourth-order valence-electron chi connectivity index (χ4n) is 1.01. The van der Waals surface area contributed by atoms with E-state index in [1.165, 1.54) is 6.92 Å². The maximum atomic E-state index is 12.5. The van der Waals surface area contributed by atoms with E-state index in [9.17, 15) is 22.4 Å². The molecule has 0 radical (unpaired) electrons. The number of nitrogens with zero attached hydrogens (tertiary/aromatic N) is 1. The minimum absolute atomic E-state index is 0.0713. The number of aromatic amines is 1. The maximum Gasteiger partial charge on any atom is 0.330 e. The molecule has 102 valence electrons. The number of halogens is 4. The second kappa shape index (κ2) is 5.34. The average molecular weight is 269 g/mol. The van der Waals surface area contributed by atoms with Crippen molar-refractivity contribution in [3.05, 3.63) is 21.7 Å². The van der Waals surface area contributed by atoms with Crippen LogP contribution in [0, 0.1) is 6.92 Å². The van der Waals surface area contributed by atoms with Crippen LogP contribution in [0.4, 0.5) is 23.4 Å². The second-order valence-electron chi connectivity index (χ2n) is 3.58.